The van der Waals surface area contributed by atoms with Gasteiger partial charge in [-0.25, -0.2) is 4.99 Å². The van der Waals surface area contributed by atoms with Crippen LogP contribution in [0.5, 0.6) is 11.5 Å². The average Bonchev–Trinajstić information content (AvgIpc) is 3.22. The maximum atomic E-state index is 13.8. The number of carbonyl (C=O) groups is 1. The molecule has 4 aromatic rings. The van der Waals surface area contributed by atoms with E-state index in [-0.39, 0.29) is 11.6 Å². The number of hydrogen-bond donors (Lipinski definition) is 0. The summed E-state index contributed by atoms with van der Waals surface area (Å²) in [7, 11) is 1.52. The Hall–Kier alpha value is -4.23. The van der Waals surface area contributed by atoms with Gasteiger partial charge in [-0.3, -0.25) is 14.2 Å². The lowest BCUT2D eigenvalue weighted by Gasteiger charge is -2.30. The molecular formula is C30H24N2O4S. The van der Waals surface area contributed by atoms with Crippen molar-refractivity contribution < 1.29 is 14.3 Å². The van der Waals surface area contributed by atoms with Crippen molar-refractivity contribution in [2.45, 2.75) is 25.8 Å². The molecule has 1 aliphatic carbocycles. The zero-order chi connectivity index (χ0) is 25.5. The number of aromatic nitrogens is 1. The molecular weight excluding hydrogens is 484 g/mol. The van der Waals surface area contributed by atoms with E-state index in [1.54, 1.807) is 18.2 Å². The van der Waals surface area contributed by atoms with Crippen LogP contribution in [-0.2, 0) is 11.2 Å². The van der Waals surface area contributed by atoms with E-state index in [4.69, 9.17) is 14.5 Å². The lowest BCUT2D eigenvalue weighted by molar-refractivity contribution is -0.132. The highest BCUT2D eigenvalue weighted by atomic mass is 32.1. The van der Waals surface area contributed by atoms with Crippen LogP contribution < -0.4 is 24.4 Å². The third-order valence-corrected chi connectivity index (χ3v) is 7.71. The fourth-order valence-corrected chi connectivity index (χ4v) is 6.12. The lowest BCUT2D eigenvalue weighted by atomic mass is 9.83. The molecule has 2 aliphatic rings. The Morgan fingerprint density at radius 2 is 1.81 bits per heavy atom. The van der Waals surface area contributed by atoms with Crippen LogP contribution in [0.1, 0.15) is 41.6 Å². The summed E-state index contributed by atoms with van der Waals surface area (Å²) in [5.74, 6) is 0.334. The van der Waals surface area contributed by atoms with Gasteiger partial charge in [0.05, 0.1) is 23.4 Å². The molecule has 3 aromatic carbocycles. The molecule has 1 aliphatic heterocycles. The minimum absolute atomic E-state index is 0.0777. The minimum Gasteiger partial charge on any atom is -0.493 e. The van der Waals surface area contributed by atoms with Crippen LogP contribution in [0.2, 0.25) is 0 Å². The van der Waals surface area contributed by atoms with E-state index in [1.807, 2.05) is 34.9 Å². The molecule has 0 saturated heterocycles. The van der Waals surface area contributed by atoms with Crippen molar-refractivity contribution in [3.63, 3.8) is 0 Å². The molecule has 37 heavy (non-hydrogen) atoms. The Bertz CT molecular complexity index is 1750. The van der Waals surface area contributed by atoms with Gasteiger partial charge in [-0.1, -0.05) is 72.0 Å². The van der Waals surface area contributed by atoms with E-state index >= 15 is 0 Å². The van der Waals surface area contributed by atoms with Gasteiger partial charge in [0.15, 0.2) is 16.3 Å². The highest BCUT2D eigenvalue weighted by molar-refractivity contribution is 7.07. The average molecular weight is 509 g/mol. The highest BCUT2D eigenvalue weighted by Crippen LogP contribution is 2.41. The molecule has 0 fully saturated rings. The van der Waals surface area contributed by atoms with Crippen LogP contribution in [0.3, 0.4) is 0 Å². The van der Waals surface area contributed by atoms with Crippen molar-refractivity contribution in [3.05, 3.63) is 120 Å². The number of fused-ring (bicyclic) bond motifs is 3. The lowest BCUT2D eigenvalue weighted by Crippen LogP contribution is -2.38. The summed E-state index contributed by atoms with van der Waals surface area (Å²) in [6.07, 6.45) is 3.61. The first kappa shape index (κ1) is 23.2. The van der Waals surface area contributed by atoms with Crippen LogP contribution in [0.25, 0.3) is 11.8 Å². The zero-order valence-electron chi connectivity index (χ0n) is 20.4. The maximum Gasteiger partial charge on any atom is 0.308 e. The van der Waals surface area contributed by atoms with Gasteiger partial charge in [0.25, 0.3) is 5.56 Å². The Morgan fingerprint density at radius 3 is 2.59 bits per heavy atom. The predicted molar refractivity (Wildman–Crippen MR) is 143 cm³/mol. The molecule has 0 amide bonds. The van der Waals surface area contributed by atoms with Crippen molar-refractivity contribution in [2.75, 3.05) is 7.11 Å². The minimum atomic E-state index is -0.425. The largest absolute Gasteiger partial charge is 0.493 e. The van der Waals surface area contributed by atoms with Crippen LogP contribution >= 0.6 is 11.3 Å². The van der Waals surface area contributed by atoms with Crippen LogP contribution in [-0.4, -0.2) is 17.6 Å². The fraction of sp³-hybridized carbons (Fsp3) is 0.167. The topological polar surface area (TPSA) is 69.9 Å². The predicted octanol–water partition coefficient (Wildman–Crippen LogP) is 4.25. The molecule has 0 unspecified atom stereocenters. The van der Waals surface area contributed by atoms with Gasteiger partial charge >= 0.3 is 5.97 Å². The number of ether oxygens (including phenoxy) is 2. The van der Waals surface area contributed by atoms with Crippen molar-refractivity contribution in [3.8, 4) is 11.5 Å². The first-order valence-electron chi connectivity index (χ1n) is 12.1. The molecule has 184 valence electrons. The van der Waals surface area contributed by atoms with E-state index in [0.717, 1.165) is 35.2 Å². The summed E-state index contributed by atoms with van der Waals surface area (Å²) >= 11 is 1.38. The molecule has 1 atom stereocenters. The normalized spacial score (nSPS) is 16.4. The molecule has 6 nitrogen and oxygen atoms in total. The van der Waals surface area contributed by atoms with Gasteiger partial charge in [-0.2, -0.15) is 0 Å². The Labute approximate surface area is 217 Å². The number of allylic oxidation sites excluding steroid dienone is 1. The van der Waals surface area contributed by atoms with Crippen molar-refractivity contribution in [1.82, 2.24) is 4.57 Å². The molecule has 0 radical (unpaired) electrons. The van der Waals surface area contributed by atoms with Crippen molar-refractivity contribution in [2.24, 2.45) is 4.99 Å². The monoisotopic (exact) mass is 508 g/mol. The highest BCUT2D eigenvalue weighted by Gasteiger charge is 2.32. The van der Waals surface area contributed by atoms with E-state index < -0.39 is 5.97 Å². The number of benzene rings is 3. The van der Waals surface area contributed by atoms with Gasteiger partial charge in [0.2, 0.25) is 0 Å². The van der Waals surface area contributed by atoms with Crippen LogP contribution in [0.15, 0.2) is 88.2 Å². The summed E-state index contributed by atoms with van der Waals surface area (Å²) in [6, 6.07) is 23.6. The number of carbonyl (C=O) groups excluding carboxylic acids is 1. The van der Waals surface area contributed by atoms with E-state index in [2.05, 4.69) is 30.3 Å². The van der Waals surface area contributed by atoms with Gasteiger partial charge in [0, 0.05) is 12.5 Å². The molecule has 2 heterocycles. The molecule has 0 spiro atoms. The zero-order valence-corrected chi connectivity index (χ0v) is 21.2. The first-order chi connectivity index (χ1) is 18.0. The molecule has 6 rings (SSSR count). The smallest absolute Gasteiger partial charge is 0.308 e. The van der Waals surface area contributed by atoms with Gasteiger partial charge < -0.3 is 9.47 Å². The van der Waals surface area contributed by atoms with Gasteiger partial charge in [-0.15, -0.1) is 0 Å². The Balaban J connectivity index is 1.54. The summed E-state index contributed by atoms with van der Waals surface area (Å²) in [5, 5.41) is 0. The number of aryl methyl sites for hydroxylation is 1. The fourth-order valence-electron chi connectivity index (χ4n) is 5.12. The van der Waals surface area contributed by atoms with Crippen LogP contribution in [0, 0.1) is 0 Å². The molecule has 0 N–H and O–H groups in total. The quantitative estimate of drug-likeness (QED) is 0.305. The van der Waals surface area contributed by atoms with E-state index in [1.165, 1.54) is 36.5 Å². The number of thiazole rings is 1. The second kappa shape index (κ2) is 9.33. The van der Waals surface area contributed by atoms with Crippen molar-refractivity contribution >= 4 is 29.1 Å². The SMILES string of the molecule is COc1cc(/C=c2\sc3n(c2=O)[C@@H](c2ccccc2)C2=C(N=3)c3ccccc3CC2)ccc1OC(C)=O. The summed E-state index contributed by atoms with van der Waals surface area (Å²) in [6.45, 7) is 1.34. The molecule has 1 aromatic heterocycles. The summed E-state index contributed by atoms with van der Waals surface area (Å²) < 4.78 is 13.0. The Kier molecular flexibility index (Phi) is 5.85. The Morgan fingerprint density at radius 1 is 1.03 bits per heavy atom. The third kappa shape index (κ3) is 4.11. The van der Waals surface area contributed by atoms with Crippen LogP contribution in [0.4, 0.5) is 0 Å². The standard InChI is InChI=1S/C30H24N2O4S/c1-18(33)36-24-15-12-19(16-25(24)35-2)17-26-29(34)32-28(21-9-4-3-5-10-21)23-14-13-20-8-6-7-11-22(20)27(23)31-30(32)37-26/h3-12,15-17,28H,13-14H2,1-2H3/b26-17-/t28-/m0/s1. The number of rotatable bonds is 4. The molecule has 0 bridgehead atoms. The number of nitrogens with zero attached hydrogens (tertiary/aromatic N) is 2. The second-order valence-corrected chi connectivity index (χ2v) is 10.0. The summed E-state index contributed by atoms with van der Waals surface area (Å²) in [5.41, 5.74) is 6.36. The number of hydrogen-bond acceptors (Lipinski definition) is 6. The first-order valence-corrected chi connectivity index (χ1v) is 12.9. The van der Waals surface area contributed by atoms with E-state index in [0.29, 0.717) is 20.8 Å². The number of esters is 1. The third-order valence-electron chi connectivity index (χ3n) is 6.73. The van der Waals surface area contributed by atoms with Gasteiger partial charge in [0.1, 0.15) is 0 Å². The molecule has 0 saturated carbocycles. The summed E-state index contributed by atoms with van der Waals surface area (Å²) in [4.78, 5) is 31.0. The second-order valence-electron chi connectivity index (χ2n) is 9.03. The van der Waals surface area contributed by atoms with Crippen molar-refractivity contribution in [1.29, 1.82) is 0 Å². The number of methoxy groups -OCH3 is 1. The van der Waals surface area contributed by atoms with E-state index in [9.17, 15) is 9.59 Å². The van der Waals surface area contributed by atoms with Gasteiger partial charge in [-0.05, 0) is 53.3 Å². The maximum absolute atomic E-state index is 13.8. The molecule has 7 heteroatoms.